The van der Waals surface area contributed by atoms with Gasteiger partial charge in [0.2, 0.25) is 0 Å². The molecule has 3 aromatic rings. The Bertz CT molecular complexity index is 915. The van der Waals surface area contributed by atoms with Gasteiger partial charge in [-0.05, 0) is 72.3 Å². The summed E-state index contributed by atoms with van der Waals surface area (Å²) in [5, 5.41) is 4.51. The molecule has 0 N–H and O–H groups in total. The van der Waals surface area contributed by atoms with Crippen molar-refractivity contribution < 1.29 is 4.43 Å². The summed E-state index contributed by atoms with van der Waals surface area (Å²) in [6.45, 7) is 15.3. The normalized spacial score (nSPS) is 12.6. The summed E-state index contributed by atoms with van der Waals surface area (Å²) >= 11 is 0. The topological polar surface area (TPSA) is 9.23 Å². The van der Waals surface area contributed by atoms with Crippen LogP contribution >= 0.6 is 7.26 Å². The number of rotatable bonds is 16. The third kappa shape index (κ3) is 7.26. The SMILES string of the molecule is CC(C)[Si](OCCCCCCCC[P+](c1ccccc1)(c1ccccc1)c1ccccc1)(C(C)C)C(C)C. The maximum Gasteiger partial charge on any atom is 0.200 e. The van der Waals surface area contributed by atoms with Gasteiger partial charge in [0, 0.05) is 6.61 Å². The van der Waals surface area contributed by atoms with Gasteiger partial charge in [0.05, 0.1) is 6.16 Å². The third-order valence-corrected chi connectivity index (χ3v) is 19.2. The van der Waals surface area contributed by atoms with E-state index >= 15 is 0 Å². The van der Waals surface area contributed by atoms with Gasteiger partial charge in [0.1, 0.15) is 23.2 Å². The molecule has 3 rings (SSSR count). The van der Waals surface area contributed by atoms with Gasteiger partial charge in [-0.25, -0.2) is 0 Å². The highest BCUT2D eigenvalue weighted by molar-refractivity contribution is 7.95. The van der Waals surface area contributed by atoms with Gasteiger partial charge in [-0.3, -0.25) is 0 Å². The second kappa shape index (κ2) is 15.2. The lowest BCUT2D eigenvalue weighted by molar-refractivity contribution is 0.267. The molecule has 0 radical (unpaired) electrons. The van der Waals surface area contributed by atoms with Crippen molar-refractivity contribution in [3.8, 4) is 0 Å². The molecule has 0 heterocycles. The second-order valence-corrected chi connectivity index (χ2v) is 20.9. The smallest absolute Gasteiger partial charge is 0.200 e. The Morgan fingerprint density at radius 3 is 1.21 bits per heavy atom. The Hall–Kier alpha value is -1.73. The van der Waals surface area contributed by atoms with Gasteiger partial charge in [-0.2, -0.15) is 0 Å². The molecule has 0 atom stereocenters. The van der Waals surface area contributed by atoms with Crippen LogP contribution in [0.3, 0.4) is 0 Å². The van der Waals surface area contributed by atoms with Crippen LogP contribution in [0, 0.1) is 0 Å². The van der Waals surface area contributed by atoms with Gasteiger partial charge < -0.3 is 4.43 Å². The Morgan fingerprint density at radius 1 is 0.500 bits per heavy atom. The van der Waals surface area contributed by atoms with E-state index < -0.39 is 15.6 Å². The van der Waals surface area contributed by atoms with Gasteiger partial charge in [-0.15, -0.1) is 0 Å². The Morgan fingerprint density at radius 2 is 0.842 bits per heavy atom. The Balaban J connectivity index is 1.59. The standard InChI is InChI=1S/C35H52OPSi/c1-30(2)38(31(3)4,32(5)6)36-28-20-9-7-8-10-21-29-37(33-22-14-11-15-23-33,34-24-16-12-17-25-34)35-26-18-13-19-27-35/h11-19,22-27,30-32H,7-10,20-21,28-29H2,1-6H3/q+1. The van der Waals surface area contributed by atoms with E-state index in [0.29, 0.717) is 16.6 Å². The summed E-state index contributed by atoms with van der Waals surface area (Å²) in [5.74, 6) is 0. The average molecular weight is 548 g/mol. The summed E-state index contributed by atoms with van der Waals surface area (Å²) in [4.78, 5) is 0. The van der Waals surface area contributed by atoms with E-state index in [2.05, 4.69) is 133 Å². The zero-order valence-electron chi connectivity index (χ0n) is 24.9. The predicted molar refractivity (Wildman–Crippen MR) is 175 cm³/mol. The first-order valence-corrected chi connectivity index (χ1v) is 19.2. The average Bonchev–Trinajstić information content (AvgIpc) is 2.93. The summed E-state index contributed by atoms with van der Waals surface area (Å²) in [7, 11) is -3.40. The number of unbranched alkanes of at least 4 members (excludes halogenated alkanes) is 5. The van der Waals surface area contributed by atoms with E-state index in [9.17, 15) is 0 Å². The highest BCUT2D eigenvalue weighted by atomic mass is 31.2. The molecular formula is C35H52OPSi+. The van der Waals surface area contributed by atoms with Crippen LogP contribution in [-0.2, 0) is 4.43 Å². The molecule has 38 heavy (non-hydrogen) atoms. The van der Waals surface area contributed by atoms with Crippen molar-refractivity contribution in [1.29, 1.82) is 0 Å². The molecule has 0 aliphatic rings. The van der Waals surface area contributed by atoms with Crippen LogP contribution in [-0.4, -0.2) is 21.1 Å². The molecule has 0 aliphatic heterocycles. The van der Waals surface area contributed by atoms with Crippen LogP contribution in [0.4, 0.5) is 0 Å². The molecule has 1 nitrogen and oxygen atoms in total. The monoisotopic (exact) mass is 547 g/mol. The fraction of sp³-hybridized carbons (Fsp3) is 0.486. The molecule has 206 valence electrons. The van der Waals surface area contributed by atoms with Crippen LogP contribution in [0.15, 0.2) is 91.0 Å². The molecule has 0 saturated carbocycles. The highest BCUT2D eigenvalue weighted by Crippen LogP contribution is 2.56. The van der Waals surface area contributed by atoms with E-state index in [1.165, 1.54) is 60.6 Å². The minimum atomic E-state index is -1.72. The zero-order chi connectivity index (χ0) is 27.4. The first-order chi connectivity index (χ1) is 18.4. The molecule has 0 unspecified atom stereocenters. The molecule has 3 heteroatoms. The van der Waals surface area contributed by atoms with Crippen LogP contribution in [0.1, 0.15) is 80.1 Å². The van der Waals surface area contributed by atoms with Crippen LogP contribution < -0.4 is 15.9 Å². The maximum absolute atomic E-state index is 6.78. The van der Waals surface area contributed by atoms with Gasteiger partial charge >= 0.3 is 0 Å². The fourth-order valence-electron chi connectivity index (χ4n) is 6.79. The molecule has 0 saturated heterocycles. The molecule has 0 spiro atoms. The largest absolute Gasteiger partial charge is 0.416 e. The van der Waals surface area contributed by atoms with Crippen molar-refractivity contribution >= 4 is 31.5 Å². The molecule has 0 aromatic heterocycles. The summed E-state index contributed by atoms with van der Waals surface area (Å²) in [6, 6.07) is 33.9. The lowest BCUT2D eigenvalue weighted by atomic mass is 10.1. The molecule has 0 aliphatic carbocycles. The maximum atomic E-state index is 6.78. The Kier molecular flexibility index (Phi) is 12.3. The summed E-state index contributed by atoms with van der Waals surface area (Å²) < 4.78 is 6.78. The first kappa shape index (κ1) is 30.8. The lowest BCUT2D eigenvalue weighted by Crippen LogP contribution is -2.47. The quantitative estimate of drug-likeness (QED) is 0.0985. The van der Waals surface area contributed by atoms with Crippen molar-refractivity contribution in [2.45, 2.75) is 96.7 Å². The second-order valence-electron chi connectivity index (χ2n) is 11.8. The zero-order valence-corrected chi connectivity index (χ0v) is 26.8. The highest BCUT2D eigenvalue weighted by Gasteiger charge is 2.45. The first-order valence-electron chi connectivity index (χ1n) is 15.0. The number of hydrogen-bond acceptors (Lipinski definition) is 1. The van der Waals surface area contributed by atoms with Gasteiger partial charge in [-0.1, -0.05) is 115 Å². The van der Waals surface area contributed by atoms with Crippen LogP contribution in [0.2, 0.25) is 16.6 Å². The number of benzene rings is 3. The minimum Gasteiger partial charge on any atom is -0.416 e. The molecule has 0 bridgehead atoms. The van der Waals surface area contributed by atoms with Crippen molar-refractivity contribution in [3.05, 3.63) is 91.0 Å². The van der Waals surface area contributed by atoms with E-state index in [1.54, 1.807) is 0 Å². The van der Waals surface area contributed by atoms with Crippen molar-refractivity contribution in [3.63, 3.8) is 0 Å². The van der Waals surface area contributed by atoms with Crippen LogP contribution in [0.5, 0.6) is 0 Å². The molecular weight excluding hydrogens is 495 g/mol. The van der Waals surface area contributed by atoms with Gasteiger partial charge in [0.25, 0.3) is 0 Å². The van der Waals surface area contributed by atoms with Crippen molar-refractivity contribution in [1.82, 2.24) is 0 Å². The van der Waals surface area contributed by atoms with E-state index in [1.807, 2.05) is 0 Å². The lowest BCUT2D eigenvalue weighted by Gasteiger charge is -2.42. The fourth-order valence-corrected chi connectivity index (χ4v) is 16.7. The number of hydrogen-bond donors (Lipinski definition) is 0. The van der Waals surface area contributed by atoms with E-state index in [-0.39, 0.29) is 0 Å². The minimum absolute atomic E-state index is 0.671. The van der Waals surface area contributed by atoms with Gasteiger partial charge in [0.15, 0.2) is 8.32 Å². The van der Waals surface area contributed by atoms with Crippen LogP contribution in [0.25, 0.3) is 0 Å². The van der Waals surface area contributed by atoms with E-state index in [4.69, 9.17) is 4.43 Å². The predicted octanol–water partition coefficient (Wildman–Crippen LogP) is 9.51. The third-order valence-electron chi connectivity index (χ3n) is 8.54. The summed E-state index contributed by atoms with van der Waals surface area (Å²) in [6.07, 6.45) is 8.94. The summed E-state index contributed by atoms with van der Waals surface area (Å²) in [5.41, 5.74) is 2.01. The van der Waals surface area contributed by atoms with Crippen molar-refractivity contribution in [2.75, 3.05) is 12.8 Å². The molecule has 0 fully saturated rings. The van der Waals surface area contributed by atoms with Crippen molar-refractivity contribution in [2.24, 2.45) is 0 Å². The molecule has 0 amide bonds. The van der Waals surface area contributed by atoms with E-state index in [0.717, 1.165) is 6.61 Å². The Labute approximate surface area is 235 Å². The molecule has 3 aromatic carbocycles.